The number of ether oxygens (including phenoxy) is 2. The summed E-state index contributed by atoms with van der Waals surface area (Å²) in [5.41, 5.74) is 2.07. The molecule has 0 radical (unpaired) electrons. The zero-order valence-corrected chi connectivity index (χ0v) is 22.6. The molecule has 0 aliphatic carbocycles. The topological polar surface area (TPSA) is 104 Å². The average molecular weight is 551 g/mol. The van der Waals surface area contributed by atoms with Crippen molar-refractivity contribution in [2.24, 2.45) is 0 Å². The lowest BCUT2D eigenvalue weighted by atomic mass is 9.95. The maximum absolute atomic E-state index is 16.6. The van der Waals surface area contributed by atoms with Crippen molar-refractivity contribution in [1.29, 1.82) is 0 Å². The van der Waals surface area contributed by atoms with Gasteiger partial charge in [0, 0.05) is 50.1 Å². The minimum absolute atomic E-state index is 0.0703. The number of alkyl halides is 1. The minimum Gasteiger partial charge on any atom is -0.480 e. The number of nitrogens with one attached hydrogen (secondary N) is 2. The van der Waals surface area contributed by atoms with E-state index < -0.39 is 12.0 Å². The summed E-state index contributed by atoms with van der Waals surface area (Å²) < 4.78 is 43.0. The first-order valence-electron chi connectivity index (χ1n) is 13.8. The molecule has 3 fully saturated rings. The van der Waals surface area contributed by atoms with Crippen LogP contribution in [0.3, 0.4) is 0 Å². The summed E-state index contributed by atoms with van der Waals surface area (Å²) in [5.74, 6) is 0.176. The number of methoxy groups -OCH3 is 1. The number of H-pyrrole nitrogens is 1. The van der Waals surface area contributed by atoms with Gasteiger partial charge in [0.05, 0.1) is 24.4 Å². The highest BCUT2D eigenvalue weighted by Gasteiger charge is 2.49. The molecular weight excluding hydrogens is 518 g/mol. The smallest absolute Gasteiger partial charge is 0.319 e. The van der Waals surface area contributed by atoms with Gasteiger partial charge in [0.2, 0.25) is 5.88 Å². The number of aryl methyl sites for hydroxylation is 1. The van der Waals surface area contributed by atoms with Crippen LogP contribution < -0.4 is 19.7 Å². The Morgan fingerprint density at radius 1 is 1.15 bits per heavy atom. The molecule has 1 unspecified atom stereocenters. The summed E-state index contributed by atoms with van der Waals surface area (Å²) in [6.45, 7) is 6.31. The second kappa shape index (κ2) is 9.77. The van der Waals surface area contributed by atoms with Crippen LogP contribution in [0.5, 0.6) is 11.9 Å². The number of hydrogen-bond acceptors (Lipinski definition) is 9. The number of rotatable bonds is 6. The van der Waals surface area contributed by atoms with E-state index in [1.807, 2.05) is 19.1 Å². The van der Waals surface area contributed by atoms with Crippen molar-refractivity contribution in [3.63, 3.8) is 0 Å². The Hall–Kier alpha value is -3.64. The number of halogens is 2. The number of benzene rings is 1. The largest absolute Gasteiger partial charge is 0.480 e. The normalized spacial score (nSPS) is 23.3. The van der Waals surface area contributed by atoms with Gasteiger partial charge in [-0.05, 0) is 37.9 Å². The maximum atomic E-state index is 16.6. The molecule has 4 aromatic rings. The first-order valence-corrected chi connectivity index (χ1v) is 13.8. The van der Waals surface area contributed by atoms with Gasteiger partial charge in [-0.25, -0.2) is 13.8 Å². The van der Waals surface area contributed by atoms with Crippen molar-refractivity contribution < 1.29 is 18.3 Å². The third-order valence-corrected chi connectivity index (χ3v) is 8.62. The van der Waals surface area contributed by atoms with E-state index in [9.17, 15) is 4.39 Å². The molecule has 6 heterocycles. The van der Waals surface area contributed by atoms with Crippen LogP contribution in [0.1, 0.15) is 24.8 Å². The van der Waals surface area contributed by atoms with Gasteiger partial charge in [0.25, 0.3) is 0 Å². The van der Waals surface area contributed by atoms with E-state index in [4.69, 9.17) is 14.5 Å². The van der Waals surface area contributed by atoms with Gasteiger partial charge in [-0.3, -0.25) is 10.00 Å². The standard InChI is InChI=1S/C28H32F2N8O2/c1-16-4-5-19-18(13-32-36-19)20(16)23-22(30)24-21(26(33-23)39-2)25(37-10-7-31-8-11-37)35-27(34-24)40-15-28-6-3-9-38(28)14-17(29)12-28/h4-5,13,17,31H,3,6-12,14-15H2,1-2H3,(H,32,36)/t17-,28?/m1/s1. The number of fused-ring (bicyclic) bond motifs is 3. The highest BCUT2D eigenvalue weighted by atomic mass is 19.1. The third-order valence-electron chi connectivity index (χ3n) is 8.62. The first kappa shape index (κ1) is 25.3. The highest BCUT2D eigenvalue weighted by molar-refractivity contribution is 6.01. The van der Waals surface area contributed by atoms with Crippen LogP contribution in [0.4, 0.5) is 14.6 Å². The number of piperazine rings is 1. The Kier molecular flexibility index (Phi) is 6.19. The summed E-state index contributed by atoms with van der Waals surface area (Å²) in [7, 11) is 1.52. The van der Waals surface area contributed by atoms with E-state index in [0.29, 0.717) is 42.8 Å². The monoisotopic (exact) mass is 550 g/mol. The molecule has 0 saturated carbocycles. The van der Waals surface area contributed by atoms with E-state index in [1.165, 1.54) is 7.11 Å². The molecule has 0 spiro atoms. The van der Waals surface area contributed by atoms with Crippen LogP contribution in [0, 0.1) is 12.7 Å². The van der Waals surface area contributed by atoms with Gasteiger partial charge in [-0.15, -0.1) is 0 Å². The molecule has 0 amide bonds. The summed E-state index contributed by atoms with van der Waals surface area (Å²) >= 11 is 0. The van der Waals surface area contributed by atoms with Gasteiger partial charge in [0.15, 0.2) is 5.82 Å². The van der Waals surface area contributed by atoms with E-state index >= 15 is 4.39 Å². The fourth-order valence-corrected chi connectivity index (χ4v) is 6.68. The summed E-state index contributed by atoms with van der Waals surface area (Å²) in [4.78, 5) is 18.3. The Labute approximate surface area is 230 Å². The maximum Gasteiger partial charge on any atom is 0.319 e. The van der Waals surface area contributed by atoms with E-state index in [0.717, 1.165) is 48.9 Å². The van der Waals surface area contributed by atoms with Crippen molar-refractivity contribution in [2.75, 3.05) is 57.9 Å². The molecule has 3 aliphatic rings. The van der Waals surface area contributed by atoms with Crippen molar-refractivity contribution in [3.05, 3.63) is 29.7 Å². The molecule has 1 aromatic carbocycles. The highest BCUT2D eigenvalue weighted by Crippen LogP contribution is 2.42. The van der Waals surface area contributed by atoms with Crippen LogP contribution >= 0.6 is 0 Å². The minimum atomic E-state index is -0.873. The molecule has 7 rings (SSSR count). The van der Waals surface area contributed by atoms with Crippen molar-refractivity contribution in [1.82, 2.24) is 35.4 Å². The summed E-state index contributed by atoms with van der Waals surface area (Å²) in [6.07, 6.45) is 3.08. The third kappa shape index (κ3) is 4.03. The first-order chi connectivity index (χ1) is 19.5. The molecule has 2 N–H and O–H groups in total. The molecule has 0 bridgehead atoms. The number of nitrogens with zero attached hydrogens (tertiary/aromatic N) is 6. The van der Waals surface area contributed by atoms with Crippen molar-refractivity contribution in [2.45, 2.75) is 37.9 Å². The molecule has 210 valence electrons. The van der Waals surface area contributed by atoms with Crippen molar-refractivity contribution >= 4 is 27.6 Å². The molecule has 3 aliphatic heterocycles. The van der Waals surface area contributed by atoms with Gasteiger partial charge in [-0.2, -0.15) is 15.1 Å². The van der Waals surface area contributed by atoms with Gasteiger partial charge in [0.1, 0.15) is 35.2 Å². The fourth-order valence-electron chi connectivity index (χ4n) is 6.68. The van der Waals surface area contributed by atoms with E-state index in [-0.39, 0.29) is 35.2 Å². The van der Waals surface area contributed by atoms with E-state index in [1.54, 1.807) is 6.20 Å². The molecule has 10 nitrogen and oxygen atoms in total. The Morgan fingerprint density at radius 2 is 2.00 bits per heavy atom. The second-order valence-corrected chi connectivity index (χ2v) is 11.0. The van der Waals surface area contributed by atoms with Crippen LogP contribution in [0.2, 0.25) is 0 Å². The Balaban J connectivity index is 1.39. The number of hydrogen-bond donors (Lipinski definition) is 2. The van der Waals surface area contributed by atoms with Crippen LogP contribution in [-0.4, -0.2) is 94.7 Å². The summed E-state index contributed by atoms with van der Waals surface area (Å²) in [6, 6.07) is 3.88. The van der Waals surface area contributed by atoms with E-state index in [2.05, 4.69) is 35.3 Å². The fraction of sp³-hybridized carbons (Fsp3) is 0.500. The molecule has 40 heavy (non-hydrogen) atoms. The SMILES string of the molecule is COc1nc(-c2c(C)ccc3[nH]ncc23)c(F)c2nc(OCC34CCCN3C[C@H](F)C4)nc(N3CCNCC3)c12. The number of anilines is 1. The number of pyridine rings is 1. The Morgan fingerprint density at radius 3 is 2.83 bits per heavy atom. The quantitative estimate of drug-likeness (QED) is 0.374. The van der Waals surface area contributed by atoms with Gasteiger partial charge >= 0.3 is 6.01 Å². The van der Waals surface area contributed by atoms with Crippen molar-refractivity contribution in [3.8, 4) is 23.1 Å². The predicted molar refractivity (Wildman–Crippen MR) is 147 cm³/mol. The number of aromatic amines is 1. The number of aromatic nitrogens is 5. The average Bonchev–Trinajstić information content (AvgIpc) is 3.67. The lowest BCUT2D eigenvalue weighted by Gasteiger charge is -2.32. The molecule has 3 aromatic heterocycles. The van der Waals surface area contributed by atoms with Crippen LogP contribution in [-0.2, 0) is 0 Å². The Bertz CT molecular complexity index is 1590. The van der Waals surface area contributed by atoms with Crippen LogP contribution in [0.15, 0.2) is 18.3 Å². The summed E-state index contributed by atoms with van der Waals surface area (Å²) in [5, 5.41) is 11.6. The van der Waals surface area contributed by atoms with Crippen LogP contribution in [0.25, 0.3) is 33.1 Å². The van der Waals surface area contributed by atoms with Gasteiger partial charge < -0.3 is 19.7 Å². The molecule has 2 atom stereocenters. The molecule has 3 saturated heterocycles. The zero-order chi connectivity index (χ0) is 27.4. The molecule has 12 heteroatoms. The lowest BCUT2D eigenvalue weighted by molar-refractivity contribution is 0.107. The van der Waals surface area contributed by atoms with Gasteiger partial charge in [-0.1, -0.05) is 6.07 Å². The zero-order valence-electron chi connectivity index (χ0n) is 22.6. The molecular formula is C28H32F2N8O2. The second-order valence-electron chi connectivity index (χ2n) is 11.0. The lowest BCUT2D eigenvalue weighted by Crippen LogP contribution is -2.44. The predicted octanol–water partition coefficient (Wildman–Crippen LogP) is 3.39.